The fraction of sp³-hybridized carbons (Fsp3) is 0.290. The van der Waals surface area contributed by atoms with E-state index >= 15 is 0 Å². The SMILES string of the molecule is O=C(NCCO)C1=CC(Oc2ccccc2I)C(O)C(N(CCc2cccc(F)c2)C(=O)Cc2ccccc2)C1. The third kappa shape index (κ3) is 7.89. The van der Waals surface area contributed by atoms with Crippen LogP contribution in [-0.2, 0) is 22.4 Å². The maximum Gasteiger partial charge on any atom is 0.247 e. The minimum atomic E-state index is -1.14. The summed E-state index contributed by atoms with van der Waals surface area (Å²) < 4.78 is 20.9. The second-order valence-corrected chi connectivity index (χ2v) is 10.7. The third-order valence-electron chi connectivity index (χ3n) is 6.76. The van der Waals surface area contributed by atoms with Crippen molar-refractivity contribution in [3.8, 4) is 5.75 Å². The second kappa shape index (κ2) is 14.4. The summed E-state index contributed by atoms with van der Waals surface area (Å²) in [6.45, 7) is 0.0578. The zero-order chi connectivity index (χ0) is 28.5. The van der Waals surface area contributed by atoms with E-state index in [9.17, 15) is 24.2 Å². The molecule has 0 aliphatic heterocycles. The quantitative estimate of drug-likeness (QED) is 0.274. The molecular formula is C31H32FIN2O5. The van der Waals surface area contributed by atoms with Crippen molar-refractivity contribution in [1.82, 2.24) is 10.2 Å². The van der Waals surface area contributed by atoms with Gasteiger partial charge in [0.2, 0.25) is 11.8 Å². The Bertz CT molecular complexity index is 1340. The van der Waals surface area contributed by atoms with Crippen LogP contribution in [0.5, 0.6) is 5.75 Å². The first-order chi connectivity index (χ1) is 19.4. The molecule has 3 unspecified atom stereocenters. The molecule has 9 heteroatoms. The molecule has 0 radical (unpaired) electrons. The van der Waals surface area contributed by atoms with E-state index in [1.807, 2.05) is 48.5 Å². The summed E-state index contributed by atoms with van der Waals surface area (Å²) in [6.07, 6.45) is 0.0881. The Labute approximate surface area is 246 Å². The molecule has 0 spiro atoms. The van der Waals surface area contributed by atoms with Gasteiger partial charge in [-0.2, -0.15) is 0 Å². The van der Waals surface area contributed by atoms with Gasteiger partial charge in [0.15, 0.2) is 0 Å². The molecule has 0 saturated carbocycles. The van der Waals surface area contributed by atoms with Crippen molar-refractivity contribution in [3.05, 3.63) is 111 Å². The van der Waals surface area contributed by atoms with Crippen molar-refractivity contribution < 1.29 is 28.9 Å². The number of carbonyl (C=O) groups is 2. The topological polar surface area (TPSA) is 99.1 Å². The van der Waals surface area contributed by atoms with Gasteiger partial charge in [-0.15, -0.1) is 0 Å². The molecular weight excluding hydrogens is 626 g/mol. The van der Waals surface area contributed by atoms with Crippen LogP contribution < -0.4 is 10.1 Å². The van der Waals surface area contributed by atoms with E-state index in [1.54, 1.807) is 29.2 Å². The standard InChI is InChI=1S/C31H32FIN2O5/c32-24-10-6-9-22(17-24)13-15-35(29(37)18-21-7-2-1-3-8-21)26-19-23(31(39)34-14-16-36)20-28(30(26)38)40-27-12-5-4-11-25(27)33/h1-12,17,20,26,28,30,36,38H,13-16,18-19H2,(H,34,39). The molecule has 0 bridgehead atoms. The maximum atomic E-state index is 13.9. The Balaban J connectivity index is 1.66. The van der Waals surface area contributed by atoms with E-state index in [0.717, 1.165) is 9.13 Å². The molecule has 0 aromatic heterocycles. The van der Waals surface area contributed by atoms with Crippen LogP contribution >= 0.6 is 22.6 Å². The lowest BCUT2D eigenvalue weighted by Crippen LogP contribution is -2.56. The van der Waals surface area contributed by atoms with Gasteiger partial charge in [-0.05, 0) is 70.5 Å². The summed E-state index contributed by atoms with van der Waals surface area (Å²) in [7, 11) is 0. The van der Waals surface area contributed by atoms with E-state index in [1.165, 1.54) is 12.1 Å². The largest absolute Gasteiger partial charge is 0.482 e. The first kappa shape index (κ1) is 29.7. The number of amides is 2. The number of ether oxygens (including phenoxy) is 1. The predicted molar refractivity (Wildman–Crippen MR) is 158 cm³/mol. The fourth-order valence-corrected chi connectivity index (χ4v) is 5.27. The average molecular weight is 659 g/mol. The summed E-state index contributed by atoms with van der Waals surface area (Å²) in [4.78, 5) is 28.3. The minimum absolute atomic E-state index is 0.0712. The van der Waals surface area contributed by atoms with E-state index in [-0.39, 0.29) is 44.3 Å². The van der Waals surface area contributed by atoms with Crippen LogP contribution in [-0.4, -0.2) is 64.9 Å². The van der Waals surface area contributed by atoms with Gasteiger partial charge in [0.1, 0.15) is 23.8 Å². The molecule has 3 aromatic carbocycles. The second-order valence-electron chi connectivity index (χ2n) is 9.58. The van der Waals surface area contributed by atoms with Crippen LogP contribution in [0.15, 0.2) is 90.5 Å². The van der Waals surface area contributed by atoms with E-state index in [0.29, 0.717) is 23.3 Å². The molecule has 40 heavy (non-hydrogen) atoms. The number of para-hydroxylation sites is 1. The van der Waals surface area contributed by atoms with Gasteiger partial charge in [0, 0.05) is 25.1 Å². The highest BCUT2D eigenvalue weighted by Gasteiger charge is 2.40. The monoisotopic (exact) mass is 658 g/mol. The van der Waals surface area contributed by atoms with Crippen molar-refractivity contribution in [2.75, 3.05) is 19.7 Å². The number of rotatable bonds is 11. The van der Waals surface area contributed by atoms with Gasteiger partial charge < -0.3 is 25.2 Å². The molecule has 0 saturated heterocycles. The van der Waals surface area contributed by atoms with E-state index in [2.05, 4.69) is 27.9 Å². The number of nitrogens with zero attached hydrogens (tertiary/aromatic N) is 1. The lowest BCUT2D eigenvalue weighted by Gasteiger charge is -2.40. The van der Waals surface area contributed by atoms with Crippen LogP contribution in [0.25, 0.3) is 0 Å². The number of carbonyl (C=O) groups excluding carboxylic acids is 2. The Kier molecular flexibility index (Phi) is 10.7. The summed E-state index contributed by atoms with van der Waals surface area (Å²) in [6, 6.07) is 22.0. The molecule has 1 aliphatic rings. The molecule has 210 valence electrons. The minimum Gasteiger partial charge on any atom is -0.482 e. The number of hydrogen-bond acceptors (Lipinski definition) is 5. The summed E-state index contributed by atoms with van der Waals surface area (Å²) in [5, 5.41) is 23.5. The van der Waals surface area contributed by atoms with Crippen molar-refractivity contribution in [2.24, 2.45) is 0 Å². The highest BCUT2D eigenvalue weighted by Crippen LogP contribution is 2.30. The van der Waals surface area contributed by atoms with Gasteiger partial charge in [-0.1, -0.05) is 54.6 Å². The Morgan fingerprint density at radius 3 is 2.48 bits per heavy atom. The molecule has 3 atom stereocenters. The summed E-state index contributed by atoms with van der Waals surface area (Å²) >= 11 is 2.14. The zero-order valence-electron chi connectivity index (χ0n) is 21.9. The number of halogens is 2. The predicted octanol–water partition coefficient (Wildman–Crippen LogP) is 3.66. The van der Waals surface area contributed by atoms with Gasteiger partial charge in [-0.25, -0.2) is 4.39 Å². The number of benzene rings is 3. The lowest BCUT2D eigenvalue weighted by atomic mass is 9.87. The van der Waals surface area contributed by atoms with Gasteiger partial charge in [0.25, 0.3) is 0 Å². The van der Waals surface area contributed by atoms with Crippen molar-refractivity contribution in [3.63, 3.8) is 0 Å². The van der Waals surface area contributed by atoms with Crippen molar-refractivity contribution >= 4 is 34.4 Å². The maximum absolute atomic E-state index is 13.9. The average Bonchev–Trinajstić information content (AvgIpc) is 2.95. The van der Waals surface area contributed by atoms with Crippen LogP contribution in [0.3, 0.4) is 0 Å². The molecule has 0 heterocycles. The Morgan fingerprint density at radius 1 is 1.02 bits per heavy atom. The number of aliphatic hydroxyl groups excluding tert-OH is 2. The molecule has 7 nitrogen and oxygen atoms in total. The highest BCUT2D eigenvalue weighted by atomic mass is 127. The summed E-state index contributed by atoms with van der Waals surface area (Å²) in [5.74, 6) is -0.449. The van der Waals surface area contributed by atoms with Gasteiger partial charge in [-0.3, -0.25) is 9.59 Å². The van der Waals surface area contributed by atoms with Gasteiger partial charge in [0.05, 0.1) is 22.6 Å². The zero-order valence-corrected chi connectivity index (χ0v) is 24.0. The molecule has 4 rings (SSSR count). The van der Waals surface area contributed by atoms with Crippen molar-refractivity contribution in [2.45, 2.75) is 37.5 Å². The Hall–Kier alpha value is -3.28. The first-order valence-corrected chi connectivity index (χ1v) is 14.2. The normalized spacial score (nSPS) is 18.5. The third-order valence-corrected chi connectivity index (χ3v) is 7.65. The highest BCUT2D eigenvalue weighted by molar-refractivity contribution is 14.1. The van der Waals surface area contributed by atoms with Gasteiger partial charge >= 0.3 is 0 Å². The van der Waals surface area contributed by atoms with Crippen LogP contribution in [0.4, 0.5) is 4.39 Å². The molecule has 0 fully saturated rings. The van der Waals surface area contributed by atoms with Crippen LogP contribution in [0.1, 0.15) is 17.5 Å². The molecule has 3 aromatic rings. The number of aliphatic hydroxyl groups is 2. The molecule has 2 amide bonds. The first-order valence-electron chi connectivity index (χ1n) is 13.1. The fourth-order valence-electron chi connectivity index (χ4n) is 4.76. The van der Waals surface area contributed by atoms with E-state index < -0.39 is 24.2 Å². The molecule has 1 aliphatic carbocycles. The number of hydrogen-bond donors (Lipinski definition) is 3. The smallest absolute Gasteiger partial charge is 0.247 e. The number of nitrogens with one attached hydrogen (secondary N) is 1. The van der Waals surface area contributed by atoms with Crippen molar-refractivity contribution in [1.29, 1.82) is 0 Å². The van der Waals surface area contributed by atoms with Crippen LogP contribution in [0.2, 0.25) is 0 Å². The Morgan fingerprint density at radius 2 is 1.75 bits per heavy atom. The van der Waals surface area contributed by atoms with Crippen LogP contribution in [0, 0.1) is 9.39 Å². The molecule has 3 N–H and O–H groups in total. The lowest BCUT2D eigenvalue weighted by molar-refractivity contribution is -0.137. The van der Waals surface area contributed by atoms with E-state index in [4.69, 9.17) is 4.74 Å². The summed E-state index contributed by atoms with van der Waals surface area (Å²) in [5.41, 5.74) is 1.88.